The van der Waals surface area contributed by atoms with Crippen molar-refractivity contribution in [1.82, 2.24) is 9.21 Å². The number of benzene rings is 2. The summed E-state index contributed by atoms with van der Waals surface area (Å²) < 4.78 is 59.9. The van der Waals surface area contributed by atoms with Gasteiger partial charge in [0.1, 0.15) is 23.0 Å². The van der Waals surface area contributed by atoms with E-state index in [1.54, 1.807) is 6.07 Å². The van der Waals surface area contributed by atoms with Gasteiger partial charge >= 0.3 is 5.63 Å². The van der Waals surface area contributed by atoms with Gasteiger partial charge in [0.05, 0.1) is 0 Å². The van der Waals surface area contributed by atoms with Crippen molar-refractivity contribution in [3.05, 3.63) is 69.6 Å². The maximum absolute atomic E-state index is 14.0. The van der Waals surface area contributed by atoms with E-state index < -0.39 is 32.2 Å². The van der Waals surface area contributed by atoms with Gasteiger partial charge in [0.25, 0.3) is 0 Å². The molecule has 2 heterocycles. The minimum absolute atomic E-state index is 0.0521. The van der Waals surface area contributed by atoms with Crippen molar-refractivity contribution in [3.63, 3.8) is 0 Å². The number of aryl methyl sites for hydroxylation is 1. The lowest BCUT2D eigenvalue weighted by Gasteiger charge is -2.34. The predicted molar refractivity (Wildman–Crippen MR) is 114 cm³/mol. The minimum atomic E-state index is -4.31. The second kappa shape index (κ2) is 8.61. The van der Waals surface area contributed by atoms with Gasteiger partial charge in [-0.3, -0.25) is 4.90 Å². The molecule has 32 heavy (non-hydrogen) atoms. The van der Waals surface area contributed by atoms with Crippen LogP contribution in [-0.2, 0) is 23.0 Å². The molecule has 1 fully saturated rings. The molecule has 3 aromatic rings. The summed E-state index contributed by atoms with van der Waals surface area (Å²) in [5.41, 5.74) is 1.14. The molecule has 1 aliphatic heterocycles. The van der Waals surface area contributed by atoms with Crippen molar-refractivity contribution in [2.75, 3.05) is 26.2 Å². The number of rotatable bonds is 5. The van der Waals surface area contributed by atoms with Crippen molar-refractivity contribution in [2.24, 2.45) is 0 Å². The Morgan fingerprint density at radius 1 is 1.03 bits per heavy atom. The summed E-state index contributed by atoms with van der Waals surface area (Å²) in [6, 6.07) is 7.54. The van der Waals surface area contributed by atoms with Crippen LogP contribution in [0.5, 0.6) is 5.75 Å². The lowest BCUT2D eigenvalue weighted by atomic mass is 10.0. The highest BCUT2D eigenvalue weighted by Crippen LogP contribution is 2.28. The Kier molecular flexibility index (Phi) is 6.02. The van der Waals surface area contributed by atoms with Gasteiger partial charge in [0.15, 0.2) is 4.90 Å². The first-order valence-electron chi connectivity index (χ1n) is 10.2. The molecule has 7 nitrogen and oxygen atoms in total. The molecule has 170 valence electrons. The Bertz CT molecular complexity index is 1310. The number of phenolic OH excluding ortho intramolecular Hbond substituents is 1. The second-order valence-electron chi connectivity index (χ2n) is 7.65. The van der Waals surface area contributed by atoms with Gasteiger partial charge in [0, 0.05) is 50.2 Å². The van der Waals surface area contributed by atoms with Crippen LogP contribution in [-0.4, -0.2) is 48.9 Å². The van der Waals surface area contributed by atoms with E-state index in [4.69, 9.17) is 4.42 Å². The first-order valence-corrected chi connectivity index (χ1v) is 11.6. The average molecular weight is 464 g/mol. The van der Waals surface area contributed by atoms with E-state index in [1.165, 1.54) is 12.1 Å². The third-order valence-electron chi connectivity index (χ3n) is 5.65. The zero-order valence-corrected chi connectivity index (χ0v) is 18.2. The summed E-state index contributed by atoms with van der Waals surface area (Å²) in [6.07, 6.45) is 0.601. The molecule has 0 spiro atoms. The summed E-state index contributed by atoms with van der Waals surface area (Å²) in [6.45, 7) is 2.99. The molecule has 1 saturated heterocycles. The normalized spacial score (nSPS) is 16.0. The van der Waals surface area contributed by atoms with Crippen LogP contribution in [0.25, 0.3) is 11.0 Å². The highest BCUT2D eigenvalue weighted by Gasteiger charge is 2.33. The number of phenols is 1. The summed E-state index contributed by atoms with van der Waals surface area (Å²) in [4.78, 5) is 13.0. The first kappa shape index (κ1) is 22.4. The predicted octanol–water partition coefficient (Wildman–Crippen LogP) is 2.85. The zero-order valence-electron chi connectivity index (χ0n) is 17.3. The number of hydrogen-bond donors (Lipinski definition) is 1. The molecule has 0 atom stereocenters. The maximum Gasteiger partial charge on any atom is 0.336 e. The zero-order chi connectivity index (χ0) is 23.0. The number of nitrogens with zero attached hydrogens (tertiary/aromatic N) is 2. The molecular formula is C22H22F2N2O5S. The van der Waals surface area contributed by atoms with Crippen molar-refractivity contribution in [2.45, 2.75) is 24.8 Å². The fourth-order valence-corrected chi connectivity index (χ4v) is 5.48. The van der Waals surface area contributed by atoms with E-state index in [9.17, 15) is 27.1 Å². The largest absolute Gasteiger partial charge is 0.508 e. The first-order chi connectivity index (χ1) is 15.2. The quantitative estimate of drug-likeness (QED) is 0.584. The highest BCUT2D eigenvalue weighted by atomic mass is 32.2. The molecule has 0 aliphatic carbocycles. The fraction of sp³-hybridized carbons (Fsp3) is 0.318. The average Bonchev–Trinajstić information content (AvgIpc) is 2.73. The molecule has 1 aromatic heterocycles. The van der Waals surface area contributed by atoms with Crippen molar-refractivity contribution >= 4 is 21.0 Å². The van der Waals surface area contributed by atoms with E-state index >= 15 is 0 Å². The van der Waals surface area contributed by atoms with E-state index in [-0.39, 0.29) is 24.4 Å². The fourth-order valence-electron chi connectivity index (χ4n) is 3.95. The molecule has 0 unspecified atom stereocenters. The number of piperazine rings is 1. The summed E-state index contributed by atoms with van der Waals surface area (Å²) in [5, 5.41) is 10.8. The minimum Gasteiger partial charge on any atom is -0.508 e. The van der Waals surface area contributed by atoms with Crippen LogP contribution >= 0.6 is 0 Å². The van der Waals surface area contributed by atoms with E-state index in [0.717, 1.165) is 28.1 Å². The van der Waals surface area contributed by atoms with Gasteiger partial charge in [-0.2, -0.15) is 4.31 Å². The van der Waals surface area contributed by atoms with E-state index in [2.05, 4.69) is 0 Å². The SMILES string of the molecule is CCc1cc2c(CN3CCN(S(=O)(=O)c4c(F)cccc4F)CC3)cc(=O)oc2cc1O. The van der Waals surface area contributed by atoms with Crippen molar-refractivity contribution in [1.29, 1.82) is 0 Å². The molecule has 0 amide bonds. The summed E-state index contributed by atoms with van der Waals surface area (Å²) in [5.74, 6) is -2.19. The Morgan fingerprint density at radius 3 is 2.31 bits per heavy atom. The number of halogens is 2. The summed E-state index contributed by atoms with van der Waals surface area (Å²) in [7, 11) is -4.31. The number of hydrogen-bond acceptors (Lipinski definition) is 6. The maximum atomic E-state index is 14.0. The van der Waals surface area contributed by atoms with Crippen LogP contribution in [0.2, 0.25) is 0 Å². The Balaban J connectivity index is 1.55. The van der Waals surface area contributed by atoms with Crippen LogP contribution in [0, 0.1) is 11.6 Å². The van der Waals surface area contributed by atoms with Crippen LogP contribution in [0.15, 0.2) is 50.5 Å². The standard InChI is InChI=1S/C22H22F2N2O5S/c1-2-14-10-16-15(11-21(28)31-20(16)12-19(14)27)13-25-6-8-26(9-7-25)32(29,30)22-17(23)4-3-5-18(22)24/h3-5,10-12,27H,2,6-9,13H2,1H3. The van der Waals surface area contributed by atoms with Gasteiger partial charge < -0.3 is 9.52 Å². The Labute approximate surface area is 183 Å². The molecular weight excluding hydrogens is 442 g/mol. The molecule has 0 saturated carbocycles. The lowest BCUT2D eigenvalue weighted by molar-refractivity contribution is 0.181. The third-order valence-corrected chi connectivity index (χ3v) is 7.60. The van der Waals surface area contributed by atoms with Crippen LogP contribution in [0.1, 0.15) is 18.1 Å². The summed E-state index contributed by atoms with van der Waals surface area (Å²) >= 11 is 0. The highest BCUT2D eigenvalue weighted by molar-refractivity contribution is 7.89. The topological polar surface area (TPSA) is 91.1 Å². The molecule has 1 N–H and O–H groups in total. The molecule has 2 aromatic carbocycles. The van der Waals surface area contributed by atoms with E-state index in [1.807, 2.05) is 11.8 Å². The number of aromatic hydroxyl groups is 1. The van der Waals surface area contributed by atoms with Crippen molar-refractivity contribution in [3.8, 4) is 5.75 Å². The second-order valence-corrected chi connectivity index (χ2v) is 9.53. The molecule has 1 aliphatic rings. The Hall–Kier alpha value is -2.82. The van der Waals surface area contributed by atoms with Crippen LogP contribution < -0.4 is 5.63 Å². The monoisotopic (exact) mass is 464 g/mol. The Morgan fingerprint density at radius 2 is 1.69 bits per heavy atom. The van der Waals surface area contributed by atoms with Gasteiger partial charge in [0.2, 0.25) is 10.0 Å². The van der Waals surface area contributed by atoms with Crippen LogP contribution in [0.4, 0.5) is 8.78 Å². The van der Waals surface area contributed by atoms with Gasteiger partial charge in [-0.1, -0.05) is 13.0 Å². The lowest BCUT2D eigenvalue weighted by Crippen LogP contribution is -2.48. The van der Waals surface area contributed by atoms with Crippen molar-refractivity contribution < 1.29 is 26.7 Å². The smallest absolute Gasteiger partial charge is 0.336 e. The molecule has 4 rings (SSSR count). The van der Waals surface area contributed by atoms with Gasteiger partial charge in [-0.25, -0.2) is 22.0 Å². The van der Waals surface area contributed by atoms with Gasteiger partial charge in [-0.15, -0.1) is 0 Å². The van der Waals surface area contributed by atoms with Crippen LogP contribution in [0.3, 0.4) is 0 Å². The molecule has 0 radical (unpaired) electrons. The third kappa shape index (κ3) is 4.13. The number of sulfonamides is 1. The molecule has 10 heteroatoms. The van der Waals surface area contributed by atoms with Gasteiger partial charge in [-0.05, 0) is 35.7 Å². The van der Waals surface area contributed by atoms with E-state index in [0.29, 0.717) is 37.0 Å². The molecule has 0 bridgehead atoms. The number of fused-ring (bicyclic) bond motifs is 1.